The molecule has 2 rings (SSSR count). The van der Waals surface area contributed by atoms with Gasteiger partial charge in [0.25, 0.3) is 5.91 Å². The monoisotopic (exact) mass is 236 g/mol. The average Bonchev–Trinajstić information content (AvgIpc) is 3.09. The molecule has 1 aromatic heterocycles. The molecule has 0 unspecified atom stereocenters. The van der Waals surface area contributed by atoms with Gasteiger partial charge in [0.1, 0.15) is 11.5 Å². The molecule has 1 aliphatic carbocycles. The zero-order valence-electron chi connectivity index (χ0n) is 10.7. The molecule has 1 heterocycles. The summed E-state index contributed by atoms with van der Waals surface area (Å²) in [7, 11) is 3.78. The van der Waals surface area contributed by atoms with Gasteiger partial charge in [-0.1, -0.05) is 6.92 Å². The number of aromatic nitrogens is 2. The molecule has 1 aliphatic rings. The second-order valence-electron chi connectivity index (χ2n) is 4.58. The standard InChI is InChI=1S/C12H20N4O/c1-4-13-7-11-14-10(8-15(11)2)12(17)16(3)9-5-6-9/h8-9,13H,4-7H2,1-3H3. The van der Waals surface area contributed by atoms with E-state index in [1.165, 1.54) is 0 Å². The van der Waals surface area contributed by atoms with Gasteiger partial charge in [-0.15, -0.1) is 0 Å². The Morgan fingerprint density at radius 3 is 2.94 bits per heavy atom. The quantitative estimate of drug-likeness (QED) is 0.821. The molecule has 1 amide bonds. The Hall–Kier alpha value is -1.36. The van der Waals surface area contributed by atoms with Crippen LogP contribution < -0.4 is 5.32 Å². The molecule has 1 saturated carbocycles. The van der Waals surface area contributed by atoms with Crippen LogP contribution in [-0.2, 0) is 13.6 Å². The smallest absolute Gasteiger partial charge is 0.274 e. The first kappa shape index (κ1) is 12.1. The van der Waals surface area contributed by atoms with E-state index in [4.69, 9.17) is 0 Å². The lowest BCUT2D eigenvalue weighted by molar-refractivity contribution is 0.0779. The van der Waals surface area contributed by atoms with Crippen LogP contribution in [0.2, 0.25) is 0 Å². The van der Waals surface area contributed by atoms with Crippen LogP contribution in [0.4, 0.5) is 0 Å². The van der Waals surface area contributed by atoms with Crippen molar-refractivity contribution in [2.45, 2.75) is 32.4 Å². The van der Waals surface area contributed by atoms with E-state index < -0.39 is 0 Å². The Morgan fingerprint density at radius 2 is 2.35 bits per heavy atom. The molecule has 0 radical (unpaired) electrons. The largest absolute Gasteiger partial charge is 0.337 e. The SMILES string of the molecule is CCNCc1nc(C(=O)N(C)C2CC2)cn1C. The number of carbonyl (C=O) groups excluding carboxylic acids is 1. The molecule has 1 N–H and O–H groups in total. The predicted octanol–water partition coefficient (Wildman–Crippen LogP) is 0.764. The fourth-order valence-electron chi connectivity index (χ4n) is 1.82. The van der Waals surface area contributed by atoms with Crippen molar-refractivity contribution in [3.8, 4) is 0 Å². The molecule has 0 aromatic carbocycles. The Labute approximate surface area is 102 Å². The number of nitrogens with zero attached hydrogens (tertiary/aromatic N) is 3. The minimum absolute atomic E-state index is 0.0332. The number of imidazole rings is 1. The zero-order valence-corrected chi connectivity index (χ0v) is 10.7. The number of hydrogen-bond donors (Lipinski definition) is 1. The molecule has 1 fully saturated rings. The van der Waals surface area contributed by atoms with E-state index in [9.17, 15) is 4.79 Å². The van der Waals surface area contributed by atoms with E-state index in [-0.39, 0.29) is 5.91 Å². The molecule has 0 bridgehead atoms. The van der Waals surface area contributed by atoms with Gasteiger partial charge in [0.05, 0.1) is 6.54 Å². The Bertz CT molecular complexity index is 409. The van der Waals surface area contributed by atoms with E-state index in [1.807, 2.05) is 24.9 Å². The van der Waals surface area contributed by atoms with Crippen molar-refractivity contribution in [3.63, 3.8) is 0 Å². The molecule has 1 aromatic rings. The summed E-state index contributed by atoms with van der Waals surface area (Å²) in [5.74, 6) is 0.935. The summed E-state index contributed by atoms with van der Waals surface area (Å²) in [4.78, 5) is 18.3. The number of rotatable bonds is 5. The van der Waals surface area contributed by atoms with E-state index in [1.54, 1.807) is 4.90 Å². The van der Waals surface area contributed by atoms with Crippen LogP contribution in [0, 0.1) is 0 Å². The van der Waals surface area contributed by atoms with Gasteiger partial charge >= 0.3 is 0 Å². The highest BCUT2D eigenvalue weighted by Gasteiger charge is 2.31. The first-order valence-corrected chi connectivity index (χ1v) is 6.13. The maximum Gasteiger partial charge on any atom is 0.274 e. The van der Waals surface area contributed by atoms with Crippen LogP contribution in [-0.4, -0.2) is 40.0 Å². The Balaban J connectivity index is 2.07. The molecular weight excluding hydrogens is 216 g/mol. The topological polar surface area (TPSA) is 50.2 Å². The molecule has 0 atom stereocenters. The molecule has 0 aliphatic heterocycles. The number of amides is 1. The van der Waals surface area contributed by atoms with Crippen LogP contribution >= 0.6 is 0 Å². The molecular formula is C12H20N4O. The Kier molecular flexibility index (Phi) is 3.47. The first-order valence-electron chi connectivity index (χ1n) is 6.13. The van der Waals surface area contributed by atoms with Gasteiger partial charge in [-0.2, -0.15) is 0 Å². The first-order chi connectivity index (χ1) is 8.13. The summed E-state index contributed by atoms with van der Waals surface area (Å²) in [6.45, 7) is 3.65. The second-order valence-corrected chi connectivity index (χ2v) is 4.58. The lowest BCUT2D eigenvalue weighted by Crippen LogP contribution is -2.29. The van der Waals surface area contributed by atoms with Crippen LogP contribution in [0.25, 0.3) is 0 Å². The molecule has 5 nitrogen and oxygen atoms in total. The maximum atomic E-state index is 12.1. The normalized spacial score (nSPS) is 15.0. The van der Waals surface area contributed by atoms with Crippen molar-refractivity contribution in [2.75, 3.05) is 13.6 Å². The summed E-state index contributed by atoms with van der Waals surface area (Å²) in [5.41, 5.74) is 0.551. The van der Waals surface area contributed by atoms with Crippen LogP contribution in [0.5, 0.6) is 0 Å². The highest BCUT2D eigenvalue weighted by Crippen LogP contribution is 2.26. The van der Waals surface area contributed by atoms with Gasteiger partial charge in [-0.05, 0) is 19.4 Å². The van der Waals surface area contributed by atoms with E-state index in [2.05, 4.69) is 17.2 Å². The van der Waals surface area contributed by atoms with E-state index in [0.717, 1.165) is 25.2 Å². The van der Waals surface area contributed by atoms with Crippen LogP contribution in [0.1, 0.15) is 36.1 Å². The van der Waals surface area contributed by atoms with E-state index >= 15 is 0 Å². The molecule has 0 saturated heterocycles. The van der Waals surface area contributed by atoms with Crippen molar-refractivity contribution < 1.29 is 4.79 Å². The van der Waals surface area contributed by atoms with Crippen LogP contribution in [0.15, 0.2) is 6.20 Å². The minimum atomic E-state index is 0.0332. The maximum absolute atomic E-state index is 12.1. The van der Waals surface area contributed by atoms with Gasteiger partial charge in [-0.25, -0.2) is 4.98 Å². The molecule has 5 heteroatoms. The second kappa shape index (κ2) is 4.87. The fourth-order valence-corrected chi connectivity index (χ4v) is 1.82. The van der Waals surface area contributed by atoms with Gasteiger partial charge < -0.3 is 14.8 Å². The lowest BCUT2D eigenvalue weighted by atomic mass is 10.4. The summed E-state index contributed by atoms with van der Waals surface area (Å²) >= 11 is 0. The lowest BCUT2D eigenvalue weighted by Gasteiger charge is -2.13. The predicted molar refractivity (Wildman–Crippen MR) is 65.7 cm³/mol. The van der Waals surface area contributed by atoms with Crippen molar-refractivity contribution in [1.29, 1.82) is 0 Å². The molecule has 17 heavy (non-hydrogen) atoms. The van der Waals surface area contributed by atoms with Crippen molar-refractivity contribution in [2.24, 2.45) is 7.05 Å². The van der Waals surface area contributed by atoms with Gasteiger partial charge in [0.15, 0.2) is 0 Å². The van der Waals surface area contributed by atoms with Gasteiger partial charge in [-0.3, -0.25) is 4.79 Å². The third-order valence-corrected chi connectivity index (χ3v) is 3.14. The third kappa shape index (κ3) is 2.66. The number of hydrogen-bond acceptors (Lipinski definition) is 3. The van der Waals surface area contributed by atoms with Crippen molar-refractivity contribution in [3.05, 3.63) is 17.7 Å². The van der Waals surface area contributed by atoms with Gasteiger partial charge in [0, 0.05) is 26.3 Å². The Morgan fingerprint density at radius 1 is 1.65 bits per heavy atom. The highest BCUT2D eigenvalue weighted by molar-refractivity contribution is 5.92. The molecule has 94 valence electrons. The number of nitrogens with one attached hydrogen (secondary N) is 1. The summed E-state index contributed by atoms with van der Waals surface area (Å²) in [6.07, 6.45) is 4.06. The fraction of sp³-hybridized carbons (Fsp3) is 0.667. The zero-order chi connectivity index (χ0) is 12.4. The molecule has 0 spiro atoms. The number of aryl methyl sites for hydroxylation is 1. The third-order valence-electron chi connectivity index (χ3n) is 3.14. The summed E-state index contributed by atoms with van der Waals surface area (Å²) < 4.78 is 1.91. The van der Waals surface area contributed by atoms with Crippen molar-refractivity contribution in [1.82, 2.24) is 19.8 Å². The van der Waals surface area contributed by atoms with Crippen LogP contribution in [0.3, 0.4) is 0 Å². The summed E-state index contributed by atoms with van der Waals surface area (Å²) in [5, 5.41) is 3.21. The minimum Gasteiger partial charge on any atom is -0.337 e. The van der Waals surface area contributed by atoms with Crippen molar-refractivity contribution >= 4 is 5.91 Å². The average molecular weight is 236 g/mol. The summed E-state index contributed by atoms with van der Waals surface area (Å²) in [6, 6.07) is 0.432. The van der Waals surface area contributed by atoms with E-state index in [0.29, 0.717) is 18.3 Å². The highest BCUT2D eigenvalue weighted by atomic mass is 16.2. The van der Waals surface area contributed by atoms with Gasteiger partial charge in [0.2, 0.25) is 0 Å². The number of carbonyl (C=O) groups is 1.